The Morgan fingerprint density at radius 3 is 2.37 bits per heavy atom. The first kappa shape index (κ1) is 25.0. The molecule has 1 atom stereocenters. The molecule has 2 aromatic rings. The maximum Gasteiger partial charge on any atom is 0.336 e. The fourth-order valence-corrected chi connectivity index (χ4v) is 3.92. The number of allylic oxidation sites excluding steroid dienone is 2. The van der Waals surface area contributed by atoms with Gasteiger partial charge in [0.05, 0.1) is 35.6 Å². The molecule has 0 aromatic heterocycles. The number of ether oxygens (including phenoxy) is 1. The van der Waals surface area contributed by atoms with E-state index in [1.54, 1.807) is 38.1 Å². The van der Waals surface area contributed by atoms with E-state index in [4.69, 9.17) is 10.00 Å². The first-order valence-corrected chi connectivity index (χ1v) is 11.2. The fraction of sp³-hybridized carbons (Fsp3) is 0.214. The van der Waals surface area contributed by atoms with Crippen LogP contribution in [0, 0.1) is 22.7 Å². The summed E-state index contributed by atoms with van der Waals surface area (Å²) < 4.78 is 5.32. The van der Waals surface area contributed by atoms with Crippen LogP contribution >= 0.6 is 0 Å². The van der Waals surface area contributed by atoms with Crippen molar-refractivity contribution in [3.05, 3.63) is 99.9 Å². The molecule has 2 N–H and O–H groups in total. The summed E-state index contributed by atoms with van der Waals surface area (Å²) in [7, 11) is 0. The molecule has 176 valence electrons. The third-order valence-corrected chi connectivity index (χ3v) is 5.54. The van der Waals surface area contributed by atoms with Gasteiger partial charge in [-0.2, -0.15) is 10.5 Å². The minimum Gasteiger partial charge on any atom is -0.461 e. The van der Waals surface area contributed by atoms with Crippen LogP contribution in [0.3, 0.4) is 0 Å². The Kier molecular flexibility index (Phi) is 8.59. The van der Waals surface area contributed by atoms with Crippen LogP contribution in [0.25, 0.3) is 6.08 Å². The van der Waals surface area contributed by atoms with E-state index in [1.165, 1.54) is 0 Å². The smallest absolute Gasteiger partial charge is 0.336 e. The molecule has 1 aliphatic heterocycles. The zero-order valence-electron chi connectivity index (χ0n) is 19.7. The number of hydrogen-bond acceptors (Lipinski definition) is 6. The molecule has 0 fully saturated rings. The van der Waals surface area contributed by atoms with Gasteiger partial charge in [0, 0.05) is 23.5 Å². The van der Waals surface area contributed by atoms with Gasteiger partial charge in [-0.3, -0.25) is 4.79 Å². The summed E-state index contributed by atoms with van der Waals surface area (Å²) in [6.45, 7) is 3.79. The third-order valence-electron chi connectivity index (χ3n) is 5.54. The number of carbonyl (C=O) groups is 2. The largest absolute Gasteiger partial charge is 0.461 e. The van der Waals surface area contributed by atoms with E-state index in [-0.39, 0.29) is 18.9 Å². The van der Waals surface area contributed by atoms with Gasteiger partial charge >= 0.3 is 5.97 Å². The van der Waals surface area contributed by atoms with Crippen LogP contribution in [0.4, 0.5) is 0 Å². The number of amides is 1. The van der Waals surface area contributed by atoms with Gasteiger partial charge in [-0.15, -0.1) is 0 Å². The number of hydrogen-bond donors (Lipinski definition) is 2. The van der Waals surface area contributed by atoms with Crippen LogP contribution < -0.4 is 10.6 Å². The van der Waals surface area contributed by atoms with Crippen molar-refractivity contribution in [1.29, 1.82) is 10.5 Å². The van der Waals surface area contributed by atoms with Crippen LogP contribution in [0.1, 0.15) is 42.9 Å². The molecule has 1 aliphatic rings. The number of esters is 1. The monoisotopic (exact) mass is 466 g/mol. The topological polar surface area (TPSA) is 115 Å². The summed E-state index contributed by atoms with van der Waals surface area (Å²) in [6.07, 6.45) is 3.85. The molecule has 1 unspecified atom stereocenters. The molecule has 0 radical (unpaired) electrons. The molecule has 0 aliphatic carbocycles. The van der Waals surface area contributed by atoms with E-state index in [0.29, 0.717) is 40.2 Å². The Labute approximate surface area is 205 Å². The lowest BCUT2D eigenvalue weighted by Crippen LogP contribution is -2.36. The van der Waals surface area contributed by atoms with Crippen molar-refractivity contribution >= 4 is 18.0 Å². The molecule has 7 nitrogen and oxygen atoms in total. The van der Waals surface area contributed by atoms with Gasteiger partial charge in [-0.25, -0.2) is 4.79 Å². The van der Waals surface area contributed by atoms with Gasteiger partial charge < -0.3 is 15.4 Å². The summed E-state index contributed by atoms with van der Waals surface area (Å²) >= 11 is 0. The zero-order valence-corrected chi connectivity index (χ0v) is 19.7. The van der Waals surface area contributed by atoms with E-state index < -0.39 is 11.9 Å². The number of dihydropyridines is 1. The third kappa shape index (κ3) is 6.25. The maximum atomic E-state index is 13.3. The van der Waals surface area contributed by atoms with E-state index in [2.05, 4.69) is 16.7 Å². The van der Waals surface area contributed by atoms with Gasteiger partial charge in [0.15, 0.2) is 0 Å². The average molecular weight is 467 g/mol. The summed E-state index contributed by atoms with van der Waals surface area (Å²) in [4.78, 5) is 26.4. The molecular formula is C28H26N4O3. The van der Waals surface area contributed by atoms with E-state index in [9.17, 15) is 14.9 Å². The predicted octanol–water partition coefficient (Wildman–Crippen LogP) is 4.08. The van der Waals surface area contributed by atoms with Crippen molar-refractivity contribution in [1.82, 2.24) is 10.6 Å². The van der Waals surface area contributed by atoms with Gasteiger partial charge in [0.25, 0.3) is 0 Å². The summed E-state index contributed by atoms with van der Waals surface area (Å²) in [5.41, 5.74) is 4.05. The van der Waals surface area contributed by atoms with Crippen LogP contribution in [-0.4, -0.2) is 25.0 Å². The highest BCUT2D eigenvalue weighted by Gasteiger charge is 2.37. The quantitative estimate of drug-likeness (QED) is 0.447. The normalized spacial score (nSPS) is 15.3. The van der Waals surface area contributed by atoms with Gasteiger partial charge in [0.2, 0.25) is 5.91 Å². The Hall–Kier alpha value is -4.62. The Bertz CT molecular complexity index is 1260. The lowest BCUT2D eigenvalue weighted by molar-refractivity contribution is -0.139. The zero-order chi connectivity index (χ0) is 25.2. The summed E-state index contributed by atoms with van der Waals surface area (Å²) in [6, 6.07) is 20.6. The van der Waals surface area contributed by atoms with Crippen molar-refractivity contribution < 1.29 is 14.3 Å². The Morgan fingerprint density at radius 1 is 1.03 bits per heavy atom. The SMILES string of the molecule is CC1=C(C(=O)NC/C=C/c2ccccc2)C(c2ccc(C#N)cc2)C(C(=O)OCCC#N)=C(C)N1. The molecule has 0 bridgehead atoms. The molecular weight excluding hydrogens is 440 g/mol. The maximum absolute atomic E-state index is 13.3. The molecule has 35 heavy (non-hydrogen) atoms. The highest BCUT2D eigenvalue weighted by Crippen LogP contribution is 2.38. The van der Waals surface area contributed by atoms with Gasteiger partial charge in [-0.1, -0.05) is 54.6 Å². The molecule has 1 heterocycles. The first-order valence-electron chi connectivity index (χ1n) is 11.2. The predicted molar refractivity (Wildman–Crippen MR) is 132 cm³/mol. The van der Waals surface area contributed by atoms with Crippen LogP contribution in [-0.2, 0) is 14.3 Å². The van der Waals surface area contributed by atoms with E-state index in [0.717, 1.165) is 5.56 Å². The minimum atomic E-state index is -0.698. The van der Waals surface area contributed by atoms with Crippen molar-refractivity contribution in [2.75, 3.05) is 13.2 Å². The number of carbonyl (C=O) groups excluding carboxylic acids is 2. The molecule has 7 heteroatoms. The number of nitriles is 2. The van der Waals surface area contributed by atoms with E-state index in [1.807, 2.05) is 48.6 Å². The summed E-state index contributed by atoms with van der Waals surface area (Å²) in [5.74, 6) is -1.62. The van der Waals surface area contributed by atoms with Gasteiger partial charge in [0.1, 0.15) is 6.61 Å². The Balaban J connectivity index is 1.90. The average Bonchev–Trinajstić information content (AvgIpc) is 2.86. The van der Waals surface area contributed by atoms with Gasteiger partial charge in [-0.05, 0) is 37.1 Å². The molecule has 3 rings (SSSR count). The molecule has 0 saturated heterocycles. The van der Waals surface area contributed by atoms with Crippen molar-refractivity contribution in [2.24, 2.45) is 0 Å². The van der Waals surface area contributed by atoms with Crippen LogP contribution in [0.2, 0.25) is 0 Å². The second-order valence-electron chi connectivity index (χ2n) is 7.94. The second-order valence-corrected chi connectivity index (χ2v) is 7.94. The Morgan fingerprint density at radius 2 is 1.71 bits per heavy atom. The highest BCUT2D eigenvalue weighted by molar-refractivity contribution is 6.02. The second kappa shape index (κ2) is 12.0. The lowest BCUT2D eigenvalue weighted by Gasteiger charge is -2.31. The molecule has 0 spiro atoms. The summed E-state index contributed by atoms with van der Waals surface area (Å²) in [5, 5.41) is 24.0. The fourth-order valence-electron chi connectivity index (χ4n) is 3.92. The number of benzene rings is 2. The van der Waals surface area contributed by atoms with E-state index >= 15 is 0 Å². The minimum absolute atomic E-state index is 0.0410. The highest BCUT2D eigenvalue weighted by atomic mass is 16.5. The standard InChI is InChI=1S/C28H26N4O3/c1-19-24(27(33)31-16-6-10-21-8-4-3-5-9-21)26(23-13-11-22(18-30)12-14-23)25(20(2)32-19)28(34)35-17-7-15-29/h3-6,8-14,26,32H,7,16-17H2,1-2H3,(H,31,33)/b10-6+. The number of nitrogens with zero attached hydrogens (tertiary/aromatic N) is 2. The van der Waals surface area contributed by atoms with Crippen molar-refractivity contribution in [2.45, 2.75) is 26.2 Å². The molecule has 2 aromatic carbocycles. The number of rotatable bonds is 8. The lowest BCUT2D eigenvalue weighted by atomic mass is 9.80. The first-order chi connectivity index (χ1) is 17.0. The van der Waals surface area contributed by atoms with Crippen molar-refractivity contribution in [3.63, 3.8) is 0 Å². The number of nitrogens with one attached hydrogen (secondary N) is 2. The van der Waals surface area contributed by atoms with Crippen molar-refractivity contribution in [3.8, 4) is 12.1 Å². The van der Waals surface area contributed by atoms with Crippen LogP contribution in [0.15, 0.2) is 83.2 Å². The van der Waals surface area contributed by atoms with Crippen LogP contribution in [0.5, 0.6) is 0 Å². The molecule has 1 amide bonds. The molecule has 0 saturated carbocycles.